The molecule has 10 heteroatoms. The van der Waals surface area contributed by atoms with Gasteiger partial charge in [-0.3, -0.25) is 4.79 Å². The fourth-order valence-electron chi connectivity index (χ4n) is 6.94. The molecule has 7 N–H and O–H groups in total. The van der Waals surface area contributed by atoms with Crippen molar-refractivity contribution in [3.05, 3.63) is 24.3 Å². The molecule has 0 spiro atoms. The Labute approximate surface area is 329 Å². The molecular formula is C44H83NO9. The average Bonchev–Trinajstić information content (AvgIpc) is 3.17. The van der Waals surface area contributed by atoms with Crippen molar-refractivity contribution < 1.29 is 44.9 Å². The first kappa shape index (κ1) is 50.6. The fourth-order valence-corrected chi connectivity index (χ4v) is 6.94. The van der Waals surface area contributed by atoms with Crippen LogP contribution in [-0.2, 0) is 14.3 Å². The van der Waals surface area contributed by atoms with E-state index in [4.69, 9.17) is 9.47 Å². The van der Waals surface area contributed by atoms with Gasteiger partial charge in [0.25, 0.3) is 0 Å². The van der Waals surface area contributed by atoms with Gasteiger partial charge >= 0.3 is 0 Å². The van der Waals surface area contributed by atoms with Crippen LogP contribution in [0.25, 0.3) is 0 Å². The van der Waals surface area contributed by atoms with Crippen molar-refractivity contribution >= 4 is 5.91 Å². The zero-order chi connectivity index (χ0) is 39.7. The summed E-state index contributed by atoms with van der Waals surface area (Å²) in [5.74, 6) is -0.626. The highest BCUT2D eigenvalue weighted by atomic mass is 16.7. The van der Waals surface area contributed by atoms with Crippen molar-refractivity contribution in [2.45, 2.75) is 236 Å². The Balaban J connectivity index is 2.45. The Morgan fingerprint density at radius 3 is 1.61 bits per heavy atom. The number of hydrogen-bond donors (Lipinski definition) is 7. The van der Waals surface area contributed by atoms with Crippen LogP contribution < -0.4 is 5.32 Å². The third kappa shape index (κ3) is 25.0. The van der Waals surface area contributed by atoms with E-state index in [1.807, 2.05) is 6.08 Å². The lowest BCUT2D eigenvalue weighted by Gasteiger charge is -2.40. The molecule has 1 rings (SSSR count). The topological polar surface area (TPSA) is 169 Å². The molecule has 8 unspecified atom stereocenters. The second-order valence-electron chi connectivity index (χ2n) is 15.6. The van der Waals surface area contributed by atoms with Crippen LogP contribution >= 0.6 is 0 Å². The number of aliphatic hydroxyl groups is 6. The van der Waals surface area contributed by atoms with Gasteiger partial charge in [-0.15, -0.1) is 0 Å². The molecule has 318 valence electrons. The Bertz CT molecular complexity index is 916. The Kier molecular flexibility index (Phi) is 32.7. The van der Waals surface area contributed by atoms with Gasteiger partial charge in [0.1, 0.15) is 30.5 Å². The van der Waals surface area contributed by atoms with E-state index in [1.54, 1.807) is 6.08 Å². The summed E-state index contributed by atoms with van der Waals surface area (Å²) in [6.07, 6.45) is 29.8. The van der Waals surface area contributed by atoms with Gasteiger partial charge in [-0.2, -0.15) is 0 Å². The largest absolute Gasteiger partial charge is 0.394 e. The van der Waals surface area contributed by atoms with Gasteiger partial charge in [0, 0.05) is 0 Å². The third-order valence-corrected chi connectivity index (χ3v) is 10.6. The molecule has 0 aromatic heterocycles. The molecule has 0 bridgehead atoms. The lowest BCUT2D eigenvalue weighted by atomic mass is 9.99. The van der Waals surface area contributed by atoms with E-state index in [2.05, 4.69) is 31.3 Å². The monoisotopic (exact) mass is 770 g/mol. The maximum atomic E-state index is 13.0. The number of allylic oxidation sites excluding steroid dienone is 3. The van der Waals surface area contributed by atoms with E-state index in [0.29, 0.717) is 19.3 Å². The van der Waals surface area contributed by atoms with Crippen molar-refractivity contribution in [1.82, 2.24) is 5.32 Å². The van der Waals surface area contributed by atoms with Crippen LogP contribution in [0.1, 0.15) is 187 Å². The molecule has 1 heterocycles. The SMILES string of the molecule is CCCCCCCCC/C=C/CC/C=C/C(O)C(COC1OC(CO)C(O)C(O)C1O)NC(=O)C(O)CCCCCCCCCCCCCCCCCC. The standard InChI is InChI=1S/C44H83NO9/c1-3-5-7-9-11-13-15-17-18-19-21-23-25-27-29-31-33-38(48)43(52)45-36(35-53-44-42(51)41(50)40(49)39(34-46)54-44)37(47)32-30-28-26-24-22-20-16-14-12-10-8-6-4-2/h22,24,30,32,36-42,44,46-51H,3-21,23,25-29,31,33-35H2,1-2H3,(H,45,52)/b24-22+,32-30+. The molecule has 8 atom stereocenters. The highest BCUT2D eigenvalue weighted by Crippen LogP contribution is 2.22. The van der Waals surface area contributed by atoms with Crippen LogP contribution in [0.3, 0.4) is 0 Å². The number of carbonyl (C=O) groups is 1. The minimum Gasteiger partial charge on any atom is -0.394 e. The second kappa shape index (κ2) is 34.8. The molecule has 0 aromatic carbocycles. The average molecular weight is 770 g/mol. The summed E-state index contributed by atoms with van der Waals surface area (Å²) in [5, 5.41) is 64.5. The Hall–Kier alpha value is -1.37. The minimum atomic E-state index is -1.61. The van der Waals surface area contributed by atoms with E-state index in [-0.39, 0.29) is 6.61 Å². The molecule has 1 amide bonds. The summed E-state index contributed by atoms with van der Waals surface area (Å²) < 4.78 is 11.1. The van der Waals surface area contributed by atoms with Gasteiger partial charge in [0.05, 0.1) is 25.4 Å². The van der Waals surface area contributed by atoms with E-state index >= 15 is 0 Å². The van der Waals surface area contributed by atoms with Crippen LogP contribution in [0, 0.1) is 0 Å². The van der Waals surface area contributed by atoms with Gasteiger partial charge < -0.3 is 45.4 Å². The highest BCUT2D eigenvalue weighted by molar-refractivity contribution is 5.80. The van der Waals surface area contributed by atoms with E-state index in [9.17, 15) is 35.4 Å². The molecule has 1 saturated heterocycles. The van der Waals surface area contributed by atoms with Crippen LogP contribution in [0.5, 0.6) is 0 Å². The van der Waals surface area contributed by atoms with E-state index in [0.717, 1.165) is 32.1 Å². The molecule has 1 fully saturated rings. The normalized spacial score (nSPS) is 22.3. The molecule has 0 aromatic rings. The van der Waals surface area contributed by atoms with E-state index < -0.39 is 61.5 Å². The third-order valence-electron chi connectivity index (χ3n) is 10.6. The summed E-state index contributed by atoms with van der Waals surface area (Å²) in [5.41, 5.74) is 0. The number of nitrogens with one attached hydrogen (secondary N) is 1. The number of amides is 1. The molecule has 0 saturated carbocycles. The van der Waals surface area contributed by atoms with Crippen LogP contribution in [-0.4, -0.2) is 98.7 Å². The van der Waals surface area contributed by atoms with Crippen LogP contribution in [0.15, 0.2) is 24.3 Å². The molecule has 1 aliphatic rings. The molecule has 0 aliphatic carbocycles. The molecule has 1 aliphatic heterocycles. The lowest BCUT2D eigenvalue weighted by molar-refractivity contribution is -0.302. The minimum absolute atomic E-state index is 0.307. The van der Waals surface area contributed by atoms with E-state index in [1.165, 1.54) is 122 Å². The first-order valence-electron chi connectivity index (χ1n) is 22.2. The smallest absolute Gasteiger partial charge is 0.249 e. The van der Waals surface area contributed by atoms with Gasteiger partial charge in [-0.05, 0) is 32.1 Å². The first-order chi connectivity index (χ1) is 26.3. The van der Waals surface area contributed by atoms with Gasteiger partial charge in [-0.1, -0.05) is 179 Å². The quantitative estimate of drug-likeness (QED) is 0.0250. The molecular weight excluding hydrogens is 686 g/mol. The maximum Gasteiger partial charge on any atom is 0.249 e. The zero-order valence-corrected chi connectivity index (χ0v) is 34.3. The predicted octanol–water partition coefficient (Wildman–Crippen LogP) is 7.69. The second-order valence-corrected chi connectivity index (χ2v) is 15.6. The summed E-state index contributed by atoms with van der Waals surface area (Å²) in [6, 6.07) is -0.991. The van der Waals surface area contributed by atoms with Crippen LogP contribution in [0.4, 0.5) is 0 Å². The Morgan fingerprint density at radius 1 is 0.630 bits per heavy atom. The fraction of sp³-hybridized carbons (Fsp3) is 0.886. The van der Waals surface area contributed by atoms with Crippen molar-refractivity contribution in [2.24, 2.45) is 0 Å². The number of rotatable bonds is 36. The summed E-state index contributed by atoms with van der Waals surface area (Å²) in [4.78, 5) is 13.0. The van der Waals surface area contributed by atoms with Crippen molar-refractivity contribution in [1.29, 1.82) is 0 Å². The zero-order valence-electron chi connectivity index (χ0n) is 34.3. The van der Waals surface area contributed by atoms with Crippen molar-refractivity contribution in [2.75, 3.05) is 13.2 Å². The maximum absolute atomic E-state index is 13.0. The van der Waals surface area contributed by atoms with Gasteiger partial charge in [-0.25, -0.2) is 0 Å². The van der Waals surface area contributed by atoms with Crippen molar-refractivity contribution in [3.63, 3.8) is 0 Å². The highest BCUT2D eigenvalue weighted by Gasteiger charge is 2.44. The molecule has 10 nitrogen and oxygen atoms in total. The number of carbonyl (C=O) groups excluding carboxylic acids is 1. The number of ether oxygens (including phenoxy) is 2. The Morgan fingerprint density at radius 2 is 1.09 bits per heavy atom. The lowest BCUT2D eigenvalue weighted by Crippen LogP contribution is -2.60. The summed E-state index contributed by atoms with van der Waals surface area (Å²) in [7, 11) is 0. The van der Waals surface area contributed by atoms with Crippen molar-refractivity contribution in [3.8, 4) is 0 Å². The number of unbranched alkanes of at least 4 members (excludes halogenated alkanes) is 23. The predicted molar refractivity (Wildman–Crippen MR) is 218 cm³/mol. The number of hydrogen-bond acceptors (Lipinski definition) is 9. The number of aliphatic hydroxyl groups excluding tert-OH is 6. The molecule has 54 heavy (non-hydrogen) atoms. The first-order valence-corrected chi connectivity index (χ1v) is 22.2. The van der Waals surface area contributed by atoms with Gasteiger partial charge in [0.15, 0.2) is 6.29 Å². The summed E-state index contributed by atoms with van der Waals surface area (Å²) >= 11 is 0. The van der Waals surface area contributed by atoms with Gasteiger partial charge in [0.2, 0.25) is 5.91 Å². The van der Waals surface area contributed by atoms with Crippen LogP contribution in [0.2, 0.25) is 0 Å². The summed E-state index contributed by atoms with van der Waals surface area (Å²) in [6.45, 7) is 3.57. The molecule has 0 radical (unpaired) electrons.